The lowest BCUT2D eigenvalue weighted by Gasteiger charge is -2.31. The maximum absolute atomic E-state index is 5.71. The molecule has 1 heterocycles. The summed E-state index contributed by atoms with van der Waals surface area (Å²) in [6, 6.07) is 0. The highest BCUT2D eigenvalue weighted by molar-refractivity contribution is 4.81. The van der Waals surface area contributed by atoms with Gasteiger partial charge in [-0.2, -0.15) is 0 Å². The van der Waals surface area contributed by atoms with E-state index in [0.29, 0.717) is 11.5 Å². The van der Waals surface area contributed by atoms with Crippen molar-refractivity contribution in [3.63, 3.8) is 0 Å². The van der Waals surface area contributed by atoms with Crippen LogP contribution in [-0.4, -0.2) is 26.3 Å². The average molecular weight is 199 g/mol. The highest BCUT2D eigenvalue weighted by Crippen LogP contribution is 2.32. The second kappa shape index (κ2) is 5.72. The van der Waals surface area contributed by atoms with Crippen LogP contribution in [0, 0.1) is 5.41 Å². The highest BCUT2D eigenvalue weighted by Gasteiger charge is 2.28. The summed E-state index contributed by atoms with van der Waals surface area (Å²) in [5.41, 5.74) is 0.429. The van der Waals surface area contributed by atoms with Crippen LogP contribution < -0.4 is 5.32 Å². The first-order valence-electron chi connectivity index (χ1n) is 5.96. The Labute approximate surface area is 88.4 Å². The summed E-state index contributed by atoms with van der Waals surface area (Å²) < 4.78 is 5.71. The molecule has 0 aromatic heterocycles. The molecule has 2 unspecified atom stereocenters. The molecule has 2 heteroatoms. The van der Waals surface area contributed by atoms with Gasteiger partial charge in [-0.1, -0.05) is 20.3 Å². The molecule has 0 bridgehead atoms. The molecule has 1 aliphatic rings. The molecule has 0 radical (unpaired) electrons. The van der Waals surface area contributed by atoms with Crippen molar-refractivity contribution < 1.29 is 4.74 Å². The predicted octanol–water partition coefficient (Wildman–Crippen LogP) is 2.58. The van der Waals surface area contributed by atoms with Gasteiger partial charge in [-0.15, -0.1) is 0 Å². The van der Waals surface area contributed by atoms with E-state index in [-0.39, 0.29) is 0 Å². The molecule has 0 aliphatic carbocycles. The molecule has 1 aliphatic heterocycles. The van der Waals surface area contributed by atoms with Crippen molar-refractivity contribution in [1.29, 1.82) is 0 Å². The zero-order valence-corrected chi connectivity index (χ0v) is 9.94. The van der Waals surface area contributed by atoms with Gasteiger partial charge in [-0.25, -0.2) is 0 Å². The van der Waals surface area contributed by atoms with E-state index in [2.05, 4.69) is 19.2 Å². The smallest absolute Gasteiger partial charge is 0.0581 e. The summed E-state index contributed by atoms with van der Waals surface area (Å²) >= 11 is 0. The SMILES string of the molecule is CCCC(C)(CNC)CC1CCCO1. The van der Waals surface area contributed by atoms with E-state index in [9.17, 15) is 0 Å². The van der Waals surface area contributed by atoms with Crippen LogP contribution in [0.2, 0.25) is 0 Å². The Kier molecular flexibility index (Phi) is 4.90. The number of hydrogen-bond donors (Lipinski definition) is 1. The second-order valence-corrected chi connectivity index (χ2v) is 4.93. The third-order valence-electron chi connectivity index (χ3n) is 3.20. The van der Waals surface area contributed by atoms with Gasteiger partial charge in [0.15, 0.2) is 0 Å². The molecule has 0 saturated carbocycles. The van der Waals surface area contributed by atoms with E-state index in [1.165, 1.54) is 32.1 Å². The van der Waals surface area contributed by atoms with Gasteiger partial charge in [0.2, 0.25) is 0 Å². The van der Waals surface area contributed by atoms with Crippen LogP contribution in [0.1, 0.15) is 46.0 Å². The largest absolute Gasteiger partial charge is 0.378 e. The lowest BCUT2D eigenvalue weighted by Crippen LogP contribution is -2.33. The van der Waals surface area contributed by atoms with E-state index < -0.39 is 0 Å². The summed E-state index contributed by atoms with van der Waals surface area (Å²) in [6.07, 6.45) is 6.84. The van der Waals surface area contributed by atoms with Gasteiger partial charge in [-0.05, 0) is 38.1 Å². The van der Waals surface area contributed by atoms with Crippen LogP contribution in [0.3, 0.4) is 0 Å². The first kappa shape index (κ1) is 12.0. The lowest BCUT2D eigenvalue weighted by atomic mass is 9.80. The third-order valence-corrected chi connectivity index (χ3v) is 3.20. The summed E-state index contributed by atoms with van der Waals surface area (Å²) in [5, 5.41) is 3.31. The quantitative estimate of drug-likeness (QED) is 0.710. The monoisotopic (exact) mass is 199 g/mol. The van der Waals surface area contributed by atoms with Gasteiger partial charge in [0.05, 0.1) is 6.10 Å². The van der Waals surface area contributed by atoms with E-state index in [0.717, 1.165) is 13.2 Å². The second-order valence-electron chi connectivity index (χ2n) is 4.93. The van der Waals surface area contributed by atoms with E-state index >= 15 is 0 Å². The molecule has 84 valence electrons. The molecule has 1 rings (SSSR count). The molecule has 14 heavy (non-hydrogen) atoms. The highest BCUT2D eigenvalue weighted by atomic mass is 16.5. The van der Waals surface area contributed by atoms with Crippen LogP contribution in [-0.2, 0) is 4.74 Å². The Bertz CT molecular complexity index is 146. The summed E-state index contributed by atoms with van der Waals surface area (Å²) in [6.45, 7) is 6.74. The fourth-order valence-corrected chi connectivity index (χ4v) is 2.65. The van der Waals surface area contributed by atoms with E-state index in [4.69, 9.17) is 4.74 Å². The maximum atomic E-state index is 5.71. The Morgan fingerprint density at radius 1 is 1.50 bits per heavy atom. The third kappa shape index (κ3) is 3.58. The molecule has 1 saturated heterocycles. The molecule has 1 N–H and O–H groups in total. The molecular weight excluding hydrogens is 174 g/mol. The molecule has 0 aromatic carbocycles. The van der Waals surface area contributed by atoms with Crippen molar-refractivity contribution >= 4 is 0 Å². The Hall–Kier alpha value is -0.0800. The maximum Gasteiger partial charge on any atom is 0.0581 e. The van der Waals surface area contributed by atoms with Crippen LogP contribution in [0.4, 0.5) is 0 Å². The number of nitrogens with one attached hydrogen (secondary N) is 1. The van der Waals surface area contributed by atoms with Gasteiger partial charge in [-0.3, -0.25) is 0 Å². The first-order valence-corrected chi connectivity index (χ1v) is 5.96. The molecule has 0 amide bonds. The molecule has 2 atom stereocenters. The minimum atomic E-state index is 0.429. The van der Waals surface area contributed by atoms with Crippen molar-refractivity contribution in [2.24, 2.45) is 5.41 Å². The molecular formula is C12H25NO. The Morgan fingerprint density at radius 3 is 2.79 bits per heavy atom. The van der Waals surface area contributed by atoms with Crippen molar-refractivity contribution in [2.75, 3.05) is 20.2 Å². The molecule has 1 fully saturated rings. The minimum Gasteiger partial charge on any atom is -0.378 e. The standard InChI is InChI=1S/C12H25NO/c1-4-7-12(2,10-13-3)9-11-6-5-8-14-11/h11,13H,4-10H2,1-3H3. The van der Waals surface area contributed by atoms with Crippen molar-refractivity contribution in [3.8, 4) is 0 Å². The summed E-state index contributed by atoms with van der Waals surface area (Å²) in [4.78, 5) is 0. The topological polar surface area (TPSA) is 21.3 Å². The summed E-state index contributed by atoms with van der Waals surface area (Å²) in [5.74, 6) is 0. The van der Waals surface area contributed by atoms with Crippen LogP contribution in [0.15, 0.2) is 0 Å². The van der Waals surface area contributed by atoms with Crippen LogP contribution >= 0.6 is 0 Å². The predicted molar refractivity (Wildman–Crippen MR) is 60.5 cm³/mol. The zero-order valence-electron chi connectivity index (χ0n) is 9.94. The molecule has 0 aromatic rings. The van der Waals surface area contributed by atoms with Crippen molar-refractivity contribution in [1.82, 2.24) is 5.32 Å². The van der Waals surface area contributed by atoms with Crippen LogP contribution in [0.25, 0.3) is 0 Å². The van der Waals surface area contributed by atoms with Gasteiger partial charge < -0.3 is 10.1 Å². The summed E-state index contributed by atoms with van der Waals surface area (Å²) in [7, 11) is 2.05. The first-order chi connectivity index (χ1) is 6.70. The normalized spacial score (nSPS) is 26.4. The van der Waals surface area contributed by atoms with Gasteiger partial charge in [0.1, 0.15) is 0 Å². The van der Waals surface area contributed by atoms with Crippen LogP contribution in [0.5, 0.6) is 0 Å². The van der Waals surface area contributed by atoms with Gasteiger partial charge in [0.25, 0.3) is 0 Å². The molecule has 2 nitrogen and oxygen atoms in total. The van der Waals surface area contributed by atoms with E-state index in [1.54, 1.807) is 0 Å². The van der Waals surface area contributed by atoms with Gasteiger partial charge in [0, 0.05) is 13.2 Å². The lowest BCUT2D eigenvalue weighted by molar-refractivity contribution is 0.0631. The van der Waals surface area contributed by atoms with Crippen molar-refractivity contribution in [3.05, 3.63) is 0 Å². The van der Waals surface area contributed by atoms with E-state index in [1.807, 2.05) is 7.05 Å². The fourth-order valence-electron chi connectivity index (χ4n) is 2.65. The number of ether oxygens (including phenoxy) is 1. The number of rotatable bonds is 6. The minimum absolute atomic E-state index is 0.429. The van der Waals surface area contributed by atoms with Crippen molar-refractivity contribution in [2.45, 2.75) is 52.1 Å². The fraction of sp³-hybridized carbons (Fsp3) is 1.00. The zero-order chi connectivity index (χ0) is 10.4. The average Bonchev–Trinajstić information content (AvgIpc) is 2.57. The van der Waals surface area contributed by atoms with Gasteiger partial charge >= 0.3 is 0 Å². The molecule has 0 spiro atoms. The Balaban J connectivity index is 2.39. The number of hydrogen-bond acceptors (Lipinski definition) is 2. The Morgan fingerprint density at radius 2 is 2.29 bits per heavy atom.